The normalized spacial score (nSPS) is 11.9. The molecule has 1 aromatic heterocycles. The predicted molar refractivity (Wildman–Crippen MR) is 54.3 cm³/mol. The zero-order chi connectivity index (χ0) is 11.1. The van der Waals surface area contributed by atoms with Gasteiger partial charge in [-0.2, -0.15) is 0 Å². The van der Waals surface area contributed by atoms with E-state index < -0.39 is 10.0 Å². The third-order valence-electron chi connectivity index (χ3n) is 1.94. The van der Waals surface area contributed by atoms with Gasteiger partial charge in [-0.05, 0) is 12.1 Å². The minimum absolute atomic E-state index is 0.414. The fourth-order valence-corrected chi connectivity index (χ4v) is 1.92. The van der Waals surface area contributed by atoms with Gasteiger partial charge in [-0.3, -0.25) is 0 Å². The summed E-state index contributed by atoms with van der Waals surface area (Å²) in [6.07, 6.45) is 1.07. The van der Waals surface area contributed by atoms with E-state index in [1.54, 1.807) is 18.2 Å². The van der Waals surface area contributed by atoms with E-state index in [1.807, 2.05) is 0 Å². The van der Waals surface area contributed by atoms with E-state index in [-0.39, 0.29) is 0 Å². The van der Waals surface area contributed by atoms with Crippen LogP contribution in [0.25, 0.3) is 11.0 Å². The number of fused-ring (bicyclic) bond motifs is 1. The smallest absolute Gasteiger partial charge is 0.252 e. The van der Waals surface area contributed by atoms with Crippen molar-refractivity contribution in [2.45, 2.75) is 0 Å². The van der Waals surface area contributed by atoms with Crippen LogP contribution in [0.3, 0.4) is 0 Å². The van der Waals surface area contributed by atoms with Gasteiger partial charge in [0, 0.05) is 6.07 Å². The summed E-state index contributed by atoms with van der Waals surface area (Å²) in [6, 6.07) is 4.93. The first-order chi connectivity index (χ1) is 7.02. The molecule has 0 aliphatic rings. The Labute approximate surface area is 86.5 Å². The minimum atomic E-state index is -3.42. The topological polar surface area (TPSA) is 74.1 Å². The summed E-state index contributed by atoms with van der Waals surface area (Å²) in [6.45, 7) is 0. The van der Waals surface area contributed by atoms with E-state index in [0.717, 1.165) is 10.3 Å². The number of ether oxygens (including phenoxy) is 1. The van der Waals surface area contributed by atoms with Gasteiger partial charge in [-0.25, -0.2) is 8.42 Å². The Hall–Kier alpha value is -1.63. The van der Waals surface area contributed by atoms with Crippen LogP contribution in [-0.2, 0) is 10.0 Å². The van der Waals surface area contributed by atoms with Crippen molar-refractivity contribution in [3.8, 4) is 5.75 Å². The molecule has 0 N–H and O–H groups in total. The van der Waals surface area contributed by atoms with Crippen molar-refractivity contribution in [3.63, 3.8) is 0 Å². The third-order valence-corrected chi connectivity index (χ3v) is 2.83. The molecule has 0 saturated heterocycles. The molecule has 0 saturated carbocycles. The summed E-state index contributed by atoms with van der Waals surface area (Å²) >= 11 is 0. The van der Waals surface area contributed by atoms with Crippen LogP contribution in [0, 0.1) is 0 Å². The fraction of sp³-hybridized carbons (Fsp3) is 0.250. The number of methoxy groups -OCH3 is 1. The van der Waals surface area contributed by atoms with Gasteiger partial charge in [-0.1, -0.05) is 5.21 Å². The zero-order valence-corrected chi connectivity index (χ0v) is 9.02. The molecule has 0 aliphatic carbocycles. The van der Waals surface area contributed by atoms with Crippen molar-refractivity contribution < 1.29 is 13.2 Å². The first-order valence-corrected chi connectivity index (χ1v) is 5.97. The number of hydrogen-bond donors (Lipinski definition) is 0. The first kappa shape index (κ1) is 9.91. The van der Waals surface area contributed by atoms with E-state index in [2.05, 4.69) is 10.3 Å². The van der Waals surface area contributed by atoms with Gasteiger partial charge in [0.2, 0.25) is 0 Å². The summed E-state index contributed by atoms with van der Waals surface area (Å²) in [5.41, 5.74) is 0.929. The van der Waals surface area contributed by atoms with Crippen LogP contribution in [0.5, 0.6) is 5.75 Å². The highest BCUT2D eigenvalue weighted by Crippen LogP contribution is 2.19. The molecule has 6 nitrogen and oxygen atoms in total. The standard InChI is InChI=1S/C8H9N3O3S/c1-14-6-3-4-7-8(5-6)11(10-9-7)15(2,12)13/h3-5H,1-2H3. The van der Waals surface area contributed by atoms with Crippen molar-refractivity contribution in [2.24, 2.45) is 0 Å². The van der Waals surface area contributed by atoms with Gasteiger partial charge in [-0.15, -0.1) is 9.19 Å². The van der Waals surface area contributed by atoms with E-state index in [1.165, 1.54) is 7.11 Å². The zero-order valence-electron chi connectivity index (χ0n) is 8.21. The molecule has 0 unspecified atom stereocenters. The lowest BCUT2D eigenvalue weighted by atomic mass is 10.3. The second-order valence-electron chi connectivity index (χ2n) is 3.05. The van der Waals surface area contributed by atoms with Crippen LogP contribution >= 0.6 is 0 Å². The predicted octanol–water partition coefficient (Wildman–Crippen LogP) is 0.248. The molecule has 0 spiro atoms. The van der Waals surface area contributed by atoms with Gasteiger partial charge in [0.25, 0.3) is 10.0 Å². The summed E-state index contributed by atoms with van der Waals surface area (Å²) in [5, 5.41) is 7.30. The van der Waals surface area contributed by atoms with Crippen molar-refractivity contribution in [1.29, 1.82) is 0 Å². The molecule has 0 atom stereocenters. The maximum absolute atomic E-state index is 11.3. The fourth-order valence-electron chi connectivity index (χ4n) is 1.25. The molecule has 0 aliphatic heterocycles. The van der Waals surface area contributed by atoms with Crippen LogP contribution in [0.15, 0.2) is 18.2 Å². The Morgan fingerprint density at radius 3 is 2.73 bits per heavy atom. The number of nitrogens with zero attached hydrogens (tertiary/aromatic N) is 3. The SMILES string of the molecule is COc1ccc2nnn(S(C)(=O)=O)c2c1. The number of benzene rings is 1. The number of aromatic nitrogens is 3. The Morgan fingerprint density at radius 1 is 1.40 bits per heavy atom. The largest absolute Gasteiger partial charge is 0.497 e. The first-order valence-electron chi connectivity index (χ1n) is 4.12. The molecular formula is C8H9N3O3S. The second-order valence-corrected chi connectivity index (χ2v) is 4.86. The number of rotatable bonds is 2. The Morgan fingerprint density at radius 2 is 2.13 bits per heavy atom. The highest BCUT2D eigenvalue weighted by Gasteiger charge is 2.13. The van der Waals surface area contributed by atoms with Gasteiger partial charge < -0.3 is 4.74 Å². The highest BCUT2D eigenvalue weighted by atomic mass is 32.2. The Bertz CT molecular complexity index is 603. The molecule has 0 bridgehead atoms. The van der Waals surface area contributed by atoms with Crippen LogP contribution in [0.4, 0.5) is 0 Å². The lowest BCUT2D eigenvalue weighted by Crippen LogP contribution is -2.11. The molecule has 0 radical (unpaired) electrons. The lowest BCUT2D eigenvalue weighted by Gasteiger charge is -2.00. The Balaban J connectivity index is 2.78. The average molecular weight is 227 g/mol. The van der Waals surface area contributed by atoms with E-state index in [0.29, 0.717) is 16.8 Å². The van der Waals surface area contributed by atoms with Crippen LogP contribution in [-0.4, -0.2) is 36.2 Å². The molecule has 0 amide bonds. The molecule has 7 heteroatoms. The third kappa shape index (κ3) is 1.65. The quantitative estimate of drug-likeness (QED) is 0.735. The summed E-state index contributed by atoms with van der Waals surface area (Å²) in [5.74, 6) is 0.565. The van der Waals surface area contributed by atoms with Crippen molar-refractivity contribution in [3.05, 3.63) is 18.2 Å². The molecule has 1 heterocycles. The lowest BCUT2D eigenvalue weighted by molar-refractivity contribution is 0.415. The molecular weight excluding hydrogens is 218 g/mol. The summed E-state index contributed by atoms with van der Waals surface area (Å²) in [4.78, 5) is 0. The maximum atomic E-state index is 11.3. The van der Waals surface area contributed by atoms with Crippen molar-refractivity contribution >= 4 is 21.1 Å². The second kappa shape index (κ2) is 3.20. The van der Waals surface area contributed by atoms with Gasteiger partial charge in [0.1, 0.15) is 16.8 Å². The van der Waals surface area contributed by atoms with Gasteiger partial charge in [0.05, 0.1) is 13.4 Å². The monoisotopic (exact) mass is 227 g/mol. The van der Waals surface area contributed by atoms with Crippen molar-refractivity contribution in [1.82, 2.24) is 14.4 Å². The molecule has 2 aromatic rings. The summed E-state index contributed by atoms with van der Waals surface area (Å²) < 4.78 is 28.5. The van der Waals surface area contributed by atoms with Crippen LogP contribution in [0.2, 0.25) is 0 Å². The van der Waals surface area contributed by atoms with E-state index in [9.17, 15) is 8.42 Å². The van der Waals surface area contributed by atoms with Crippen LogP contribution in [0.1, 0.15) is 0 Å². The van der Waals surface area contributed by atoms with E-state index in [4.69, 9.17) is 4.74 Å². The molecule has 15 heavy (non-hydrogen) atoms. The molecule has 80 valence electrons. The molecule has 1 aromatic carbocycles. The minimum Gasteiger partial charge on any atom is -0.497 e. The highest BCUT2D eigenvalue weighted by molar-refractivity contribution is 7.89. The Kier molecular flexibility index (Phi) is 2.11. The molecule has 2 rings (SSSR count). The van der Waals surface area contributed by atoms with Gasteiger partial charge in [0.15, 0.2) is 0 Å². The summed E-state index contributed by atoms with van der Waals surface area (Å²) in [7, 11) is -1.91. The maximum Gasteiger partial charge on any atom is 0.252 e. The van der Waals surface area contributed by atoms with Gasteiger partial charge >= 0.3 is 0 Å². The average Bonchev–Trinajstić information content (AvgIpc) is 2.59. The molecule has 0 fully saturated rings. The number of hydrogen-bond acceptors (Lipinski definition) is 5. The van der Waals surface area contributed by atoms with Crippen molar-refractivity contribution in [2.75, 3.05) is 13.4 Å². The van der Waals surface area contributed by atoms with Crippen LogP contribution < -0.4 is 4.74 Å². The van der Waals surface area contributed by atoms with E-state index >= 15 is 0 Å².